The van der Waals surface area contributed by atoms with Crippen molar-refractivity contribution in [3.63, 3.8) is 0 Å². The molecule has 19 heavy (non-hydrogen) atoms. The first kappa shape index (κ1) is 14.6. The van der Waals surface area contributed by atoms with Gasteiger partial charge in [-0.2, -0.15) is 0 Å². The molecule has 0 aliphatic rings. The van der Waals surface area contributed by atoms with Crippen LogP contribution in [0.5, 0.6) is 0 Å². The quantitative estimate of drug-likeness (QED) is 0.782. The summed E-state index contributed by atoms with van der Waals surface area (Å²) in [5.41, 5.74) is 0.950. The first-order valence-electron chi connectivity index (χ1n) is 7.12. The van der Waals surface area contributed by atoms with Gasteiger partial charge in [-0.1, -0.05) is 45.7 Å². The van der Waals surface area contributed by atoms with Gasteiger partial charge in [0.05, 0.1) is 10.5 Å². The Bertz CT molecular complexity index is 531. The van der Waals surface area contributed by atoms with Crippen LogP contribution in [0.1, 0.15) is 45.4 Å². The summed E-state index contributed by atoms with van der Waals surface area (Å²) in [5, 5.41) is 4.74. The van der Waals surface area contributed by atoms with Crippen molar-refractivity contribution in [2.45, 2.75) is 39.7 Å². The molecule has 0 spiro atoms. The average Bonchev–Trinajstić information content (AvgIpc) is 2.84. The zero-order valence-electron chi connectivity index (χ0n) is 11.9. The van der Waals surface area contributed by atoms with Crippen molar-refractivity contribution < 1.29 is 4.42 Å². The fourth-order valence-electron chi connectivity index (χ4n) is 2.68. The average molecular weight is 324 g/mol. The number of hydrogen-bond donors (Lipinski definition) is 1. The third kappa shape index (κ3) is 3.03. The lowest BCUT2D eigenvalue weighted by molar-refractivity contribution is 0.304. The van der Waals surface area contributed by atoms with E-state index >= 15 is 0 Å². The molecule has 0 amide bonds. The second-order valence-corrected chi connectivity index (χ2v) is 5.77. The zero-order valence-corrected chi connectivity index (χ0v) is 13.5. The van der Waals surface area contributed by atoms with Gasteiger partial charge < -0.3 is 9.73 Å². The zero-order chi connectivity index (χ0) is 13.8. The number of fused-ring (bicyclic) bond motifs is 1. The number of benzene rings is 1. The smallest absolute Gasteiger partial charge is 0.148 e. The molecule has 0 radical (unpaired) electrons. The molecule has 0 saturated carbocycles. The highest BCUT2D eigenvalue weighted by atomic mass is 79.9. The molecule has 0 aliphatic carbocycles. The van der Waals surface area contributed by atoms with Gasteiger partial charge in [0.2, 0.25) is 0 Å². The molecule has 104 valence electrons. The molecule has 2 nitrogen and oxygen atoms in total. The highest BCUT2D eigenvalue weighted by molar-refractivity contribution is 9.10. The molecule has 2 rings (SSSR count). The largest absolute Gasteiger partial charge is 0.458 e. The van der Waals surface area contributed by atoms with Crippen molar-refractivity contribution in [2.24, 2.45) is 5.92 Å². The fourth-order valence-corrected chi connectivity index (χ4v) is 3.14. The number of rotatable bonds is 6. The Morgan fingerprint density at radius 1 is 1.21 bits per heavy atom. The van der Waals surface area contributed by atoms with Crippen LogP contribution in [0.4, 0.5) is 0 Å². The summed E-state index contributed by atoms with van der Waals surface area (Å²) in [6.07, 6.45) is 2.32. The van der Waals surface area contributed by atoms with E-state index in [1.54, 1.807) is 0 Å². The van der Waals surface area contributed by atoms with Gasteiger partial charge in [0, 0.05) is 5.39 Å². The molecule has 0 bridgehead atoms. The van der Waals surface area contributed by atoms with Crippen LogP contribution in [0.15, 0.2) is 33.2 Å². The number of halogens is 1. The van der Waals surface area contributed by atoms with Crippen LogP contribution in [0.25, 0.3) is 11.0 Å². The lowest BCUT2D eigenvalue weighted by Crippen LogP contribution is -2.27. The molecular weight excluding hydrogens is 302 g/mol. The molecular formula is C16H22BrNO. The second-order valence-electron chi connectivity index (χ2n) is 4.92. The number of hydrogen-bond acceptors (Lipinski definition) is 2. The molecule has 1 unspecified atom stereocenters. The molecule has 1 aromatic heterocycles. The Balaban J connectivity index is 2.41. The molecule has 1 atom stereocenters. The van der Waals surface area contributed by atoms with E-state index in [0.717, 1.165) is 35.2 Å². The molecule has 0 aliphatic heterocycles. The van der Waals surface area contributed by atoms with Crippen LogP contribution in [0, 0.1) is 5.92 Å². The van der Waals surface area contributed by atoms with Gasteiger partial charge in [0.1, 0.15) is 11.3 Å². The monoisotopic (exact) mass is 323 g/mol. The summed E-state index contributed by atoms with van der Waals surface area (Å²) in [4.78, 5) is 0. The van der Waals surface area contributed by atoms with E-state index in [2.05, 4.69) is 54.2 Å². The standard InChI is InChI=1S/C16H22BrNO/c1-4-11(5-2)15(18-6-3)14-10-12-8-7-9-13(17)16(12)19-14/h7-11,15,18H,4-6H2,1-3H3. The summed E-state index contributed by atoms with van der Waals surface area (Å²) in [6, 6.07) is 8.65. The Labute approximate surface area is 123 Å². The van der Waals surface area contributed by atoms with Gasteiger partial charge in [-0.25, -0.2) is 0 Å². The summed E-state index contributed by atoms with van der Waals surface area (Å²) < 4.78 is 7.11. The van der Waals surface area contributed by atoms with Gasteiger partial charge in [0.25, 0.3) is 0 Å². The molecule has 0 saturated heterocycles. The van der Waals surface area contributed by atoms with Crippen LogP contribution >= 0.6 is 15.9 Å². The molecule has 3 heteroatoms. The van der Waals surface area contributed by atoms with Gasteiger partial charge in [-0.05, 0) is 40.5 Å². The van der Waals surface area contributed by atoms with E-state index in [-0.39, 0.29) is 0 Å². The minimum absolute atomic E-state index is 0.305. The first-order valence-corrected chi connectivity index (χ1v) is 7.91. The minimum Gasteiger partial charge on any atom is -0.458 e. The van der Waals surface area contributed by atoms with E-state index in [4.69, 9.17) is 4.42 Å². The third-order valence-electron chi connectivity index (χ3n) is 3.77. The summed E-state index contributed by atoms with van der Waals surface area (Å²) in [7, 11) is 0. The summed E-state index contributed by atoms with van der Waals surface area (Å²) >= 11 is 3.56. The lowest BCUT2D eigenvalue weighted by atomic mass is 9.92. The Morgan fingerprint density at radius 2 is 1.95 bits per heavy atom. The van der Waals surface area contributed by atoms with Crippen LogP contribution in [-0.4, -0.2) is 6.54 Å². The SMILES string of the molecule is CCNC(c1cc2cccc(Br)c2o1)C(CC)CC. The minimum atomic E-state index is 0.305. The topological polar surface area (TPSA) is 25.2 Å². The van der Waals surface area contributed by atoms with Gasteiger partial charge in [-0.3, -0.25) is 0 Å². The van der Waals surface area contributed by atoms with E-state index in [9.17, 15) is 0 Å². The van der Waals surface area contributed by atoms with Gasteiger partial charge in [-0.15, -0.1) is 0 Å². The number of nitrogens with one attached hydrogen (secondary N) is 1. The second kappa shape index (κ2) is 6.58. The molecule has 1 heterocycles. The van der Waals surface area contributed by atoms with Gasteiger partial charge >= 0.3 is 0 Å². The van der Waals surface area contributed by atoms with Crippen molar-refractivity contribution in [3.05, 3.63) is 34.5 Å². The van der Waals surface area contributed by atoms with Crippen LogP contribution in [0.2, 0.25) is 0 Å². The third-order valence-corrected chi connectivity index (χ3v) is 4.39. The van der Waals surface area contributed by atoms with Crippen LogP contribution in [-0.2, 0) is 0 Å². The molecule has 0 fully saturated rings. The maximum atomic E-state index is 6.09. The maximum absolute atomic E-state index is 6.09. The maximum Gasteiger partial charge on any atom is 0.148 e. The Morgan fingerprint density at radius 3 is 2.53 bits per heavy atom. The highest BCUT2D eigenvalue weighted by Crippen LogP contribution is 2.34. The normalized spacial score (nSPS) is 13.3. The predicted octanol–water partition coefficient (Wildman–Crippen LogP) is 5.28. The van der Waals surface area contributed by atoms with Crippen molar-refractivity contribution in [1.29, 1.82) is 0 Å². The molecule has 1 N–H and O–H groups in total. The Hall–Kier alpha value is -0.800. The van der Waals surface area contributed by atoms with Crippen molar-refractivity contribution >= 4 is 26.9 Å². The van der Waals surface area contributed by atoms with Crippen LogP contribution < -0.4 is 5.32 Å². The number of furan rings is 1. The summed E-state index contributed by atoms with van der Waals surface area (Å²) in [6.45, 7) is 7.60. The molecule has 2 aromatic rings. The highest BCUT2D eigenvalue weighted by Gasteiger charge is 2.23. The van der Waals surface area contributed by atoms with E-state index in [0.29, 0.717) is 12.0 Å². The van der Waals surface area contributed by atoms with Crippen molar-refractivity contribution in [2.75, 3.05) is 6.54 Å². The number of para-hydroxylation sites is 1. The van der Waals surface area contributed by atoms with E-state index in [1.807, 2.05) is 12.1 Å². The van der Waals surface area contributed by atoms with Gasteiger partial charge in [0.15, 0.2) is 0 Å². The first-order chi connectivity index (χ1) is 9.21. The predicted molar refractivity (Wildman–Crippen MR) is 84.4 cm³/mol. The summed E-state index contributed by atoms with van der Waals surface area (Å²) in [5.74, 6) is 1.66. The van der Waals surface area contributed by atoms with E-state index in [1.165, 1.54) is 5.39 Å². The Kier molecular flexibility index (Phi) is 5.06. The van der Waals surface area contributed by atoms with E-state index < -0.39 is 0 Å². The molecule has 1 aromatic carbocycles. The van der Waals surface area contributed by atoms with Crippen molar-refractivity contribution in [3.8, 4) is 0 Å². The fraction of sp³-hybridized carbons (Fsp3) is 0.500. The van der Waals surface area contributed by atoms with Crippen LogP contribution in [0.3, 0.4) is 0 Å². The van der Waals surface area contributed by atoms with Crippen molar-refractivity contribution in [1.82, 2.24) is 5.32 Å². The lowest BCUT2D eigenvalue weighted by Gasteiger charge is -2.24.